The van der Waals surface area contributed by atoms with E-state index >= 15 is 0 Å². The molecule has 21 heavy (non-hydrogen) atoms. The average Bonchev–Trinajstić information content (AvgIpc) is 2.49. The molecule has 0 bridgehead atoms. The van der Waals surface area contributed by atoms with Crippen LogP contribution in [0.1, 0.15) is 12.8 Å². The second kappa shape index (κ2) is 7.87. The normalized spacial score (nSPS) is 16.0. The lowest BCUT2D eigenvalue weighted by Crippen LogP contribution is -2.42. The predicted molar refractivity (Wildman–Crippen MR) is 85.2 cm³/mol. The summed E-state index contributed by atoms with van der Waals surface area (Å²) in [7, 11) is 1.96. The highest BCUT2D eigenvalue weighted by Crippen LogP contribution is 2.27. The van der Waals surface area contributed by atoms with Crippen molar-refractivity contribution < 1.29 is 9.53 Å². The zero-order valence-electron chi connectivity index (χ0n) is 12.1. The van der Waals surface area contributed by atoms with Gasteiger partial charge < -0.3 is 15.0 Å². The summed E-state index contributed by atoms with van der Waals surface area (Å²) in [4.78, 5) is 14.0. The van der Waals surface area contributed by atoms with E-state index in [1.54, 1.807) is 18.2 Å². The Morgan fingerprint density at radius 3 is 2.76 bits per heavy atom. The van der Waals surface area contributed by atoms with E-state index in [4.69, 9.17) is 27.9 Å². The molecule has 1 saturated heterocycles. The number of ether oxygens (including phenoxy) is 1. The molecule has 116 valence electrons. The van der Waals surface area contributed by atoms with Crippen molar-refractivity contribution in [3.8, 4) is 5.75 Å². The Bertz CT molecular complexity index is 489. The molecule has 0 unspecified atom stereocenters. The monoisotopic (exact) mass is 330 g/mol. The van der Waals surface area contributed by atoms with Crippen LogP contribution in [0.5, 0.6) is 5.75 Å². The number of halogens is 2. The number of nitrogens with zero attached hydrogens (tertiary/aromatic N) is 1. The molecule has 1 heterocycles. The third-order valence-electron chi connectivity index (χ3n) is 3.70. The number of amides is 1. The van der Waals surface area contributed by atoms with Crippen molar-refractivity contribution >= 4 is 29.1 Å². The van der Waals surface area contributed by atoms with Gasteiger partial charge in [-0.15, -0.1) is 0 Å². The third-order valence-corrected chi connectivity index (χ3v) is 4.25. The lowest BCUT2D eigenvalue weighted by atomic mass is 9.97. The largest absolute Gasteiger partial charge is 0.482 e. The summed E-state index contributed by atoms with van der Waals surface area (Å²) in [5.41, 5.74) is 0. The number of nitrogens with one attached hydrogen (secondary N) is 1. The fraction of sp³-hybridized carbons (Fsp3) is 0.533. The molecule has 0 radical (unpaired) electrons. The molecule has 1 N–H and O–H groups in total. The van der Waals surface area contributed by atoms with E-state index < -0.39 is 0 Å². The molecule has 4 nitrogen and oxygen atoms in total. The fourth-order valence-electron chi connectivity index (χ4n) is 2.49. The van der Waals surface area contributed by atoms with Crippen LogP contribution < -0.4 is 10.1 Å². The molecule has 1 amide bonds. The number of rotatable bonds is 5. The van der Waals surface area contributed by atoms with Crippen LogP contribution in [-0.2, 0) is 4.79 Å². The Balaban J connectivity index is 1.81. The summed E-state index contributed by atoms with van der Waals surface area (Å²) in [6.07, 6.45) is 2.06. The van der Waals surface area contributed by atoms with E-state index in [1.165, 1.54) is 0 Å². The minimum absolute atomic E-state index is 0.00322. The van der Waals surface area contributed by atoms with E-state index in [2.05, 4.69) is 5.32 Å². The Morgan fingerprint density at radius 2 is 2.10 bits per heavy atom. The Labute approximate surface area is 135 Å². The van der Waals surface area contributed by atoms with Crippen molar-refractivity contribution in [3.05, 3.63) is 28.2 Å². The van der Waals surface area contributed by atoms with Crippen LogP contribution in [0, 0.1) is 5.92 Å². The highest BCUT2D eigenvalue weighted by molar-refractivity contribution is 6.34. The molecule has 0 aliphatic carbocycles. The first kappa shape index (κ1) is 16.4. The summed E-state index contributed by atoms with van der Waals surface area (Å²) >= 11 is 11.9. The van der Waals surface area contributed by atoms with Crippen molar-refractivity contribution in [2.24, 2.45) is 5.92 Å². The Hall–Kier alpha value is -0.970. The minimum atomic E-state index is -0.00560. The van der Waals surface area contributed by atoms with E-state index in [0.29, 0.717) is 21.7 Å². The van der Waals surface area contributed by atoms with Gasteiger partial charge in [0.1, 0.15) is 5.75 Å². The topological polar surface area (TPSA) is 41.6 Å². The number of hydrogen-bond donors (Lipinski definition) is 1. The SMILES string of the molecule is CNCC1CCN(C(=O)COc2cc(Cl)ccc2Cl)CC1. The van der Waals surface area contributed by atoms with Crippen molar-refractivity contribution in [1.29, 1.82) is 0 Å². The van der Waals surface area contributed by atoms with Crippen LogP contribution in [0.25, 0.3) is 0 Å². The molecule has 1 aromatic carbocycles. The van der Waals surface area contributed by atoms with Gasteiger partial charge in [-0.1, -0.05) is 23.2 Å². The van der Waals surface area contributed by atoms with Crippen LogP contribution in [0.3, 0.4) is 0 Å². The van der Waals surface area contributed by atoms with E-state index in [9.17, 15) is 4.79 Å². The van der Waals surface area contributed by atoms with Crippen molar-refractivity contribution in [2.75, 3.05) is 33.3 Å². The summed E-state index contributed by atoms with van der Waals surface area (Å²) in [6.45, 7) is 2.59. The molecule has 1 aliphatic heterocycles. The molecule has 1 aromatic rings. The van der Waals surface area contributed by atoms with Gasteiger partial charge in [0, 0.05) is 24.2 Å². The molecular weight excluding hydrogens is 311 g/mol. The van der Waals surface area contributed by atoms with Gasteiger partial charge in [0.15, 0.2) is 6.61 Å². The zero-order chi connectivity index (χ0) is 15.2. The number of likely N-dealkylation sites (tertiary alicyclic amines) is 1. The number of carbonyl (C=O) groups excluding carboxylic acids is 1. The van der Waals surface area contributed by atoms with Gasteiger partial charge in [0.05, 0.1) is 5.02 Å². The number of piperidine rings is 1. The van der Waals surface area contributed by atoms with Crippen LogP contribution >= 0.6 is 23.2 Å². The quantitative estimate of drug-likeness (QED) is 0.902. The molecule has 0 spiro atoms. The first-order valence-electron chi connectivity index (χ1n) is 7.10. The highest BCUT2D eigenvalue weighted by Gasteiger charge is 2.22. The minimum Gasteiger partial charge on any atom is -0.482 e. The summed E-state index contributed by atoms with van der Waals surface area (Å²) in [6, 6.07) is 4.97. The molecule has 1 aliphatic rings. The maximum absolute atomic E-state index is 12.1. The fourth-order valence-corrected chi connectivity index (χ4v) is 2.83. The third kappa shape index (κ3) is 4.77. The maximum atomic E-state index is 12.1. The lowest BCUT2D eigenvalue weighted by Gasteiger charge is -2.31. The first-order chi connectivity index (χ1) is 10.1. The summed E-state index contributed by atoms with van der Waals surface area (Å²) in [5, 5.41) is 4.18. The second-order valence-corrected chi connectivity index (χ2v) is 6.09. The van der Waals surface area contributed by atoms with Gasteiger partial charge in [-0.05, 0) is 44.5 Å². The molecule has 0 saturated carbocycles. The van der Waals surface area contributed by atoms with E-state index in [0.717, 1.165) is 32.5 Å². The molecule has 6 heteroatoms. The van der Waals surface area contributed by atoms with Crippen LogP contribution in [0.2, 0.25) is 10.0 Å². The predicted octanol–water partition coefficient (Wildman–Crippen LogP) is 2.83. The maximum Gasteiger partial charge on any atom is 0.260 e. The second-order valence-electron chi connectivity index (χ2n) is 5.25. The molecule has 0 atom stereocenters. The van der Waals surface area contributed by atoms with Crippen LogP contribution in [0.4, 0.5) is 0 Å². The van der Waals surface area contributed by atoms with Crippen molar-refractivity contribution in [1.82, 2.24) is 10.2 Å². The molecule has 2 rings (SSSR count). The van der Waals surface area contributed by atoms with Crippen LogP contribution in [-0.4, -0.2) is 44.1 Å². The highest BCUT2D eigenvalue weighted by atomic mass is 35.5. The average molecular weight is 331 g/mol. The first-order valence-corrected chi connectivity index (χ1v) is 7.86. The Morgan fingerprint density at radius 1 is 1.38 bits per heavy atom. The van der Waals surface area contributed by atoms with Gasteiger partial charge in [0.2, 0.25) is 0 Å². The molecular formula is C15H20Cl2N2O2. The van der Waals surface area contributed by atoms with Crippen molar-refractivity contribution in [3.63, 3.8) is 0 Å². The zero-order valence-corrected chi connectivity index (χ0v) is 13.6. The Kier molecular flexibility index (Phi) is 6.15. The number of benzene rings is 1. The van der Waals surface area contributed by atoms with E-state index in [-0.39, 0.29) is 12.5 Å². The molecule has 1 fully saturated rings. The van der Waals surface area contributed by atoms with Gasteiger partial charge >= 0.3 is 0 Å². The van der Waals surface area contributed by atoms with Gasteiger partial charge in [-0.25, -0.2) is 0 Å². The van der Waals surface area contributed by atoms with Gasteiger partial charge in [-0.3, -0.25) is 4.79 Å². The van der Waals surface area contributed by atoms with Crippen molar-refractivity contribution in [2.45, 2.75) is 12.8 Å². The van der Waals surface area contributed by atoms with Gasteiger partial charge in [-0.2, -0.15) is 0 Å². The lowest BCUT2D eigenvalue weighted by molar-refractivity contribution is -0.134. The number of hydrogen-bond acceptors (Lipinski definition) is 3. The van der Waals surface area contributed by atoms with Gasteiger partial charge in [0.25, 0.3) is 5.91 Å². The van der Waals surface area contributed by atoms with E-state index in [1.807, 2.05) is 11.9 Å². The smallest absolute Gasteiger partial charge is 0.260 e. The number of carbonyl (C=O) groups is 1. The van der Waals surface area contributed by atoms with Crippen LogP contribution in [0.15, 0.2) is 18.2 Å². The summed E-state index contributed by atoms with van der Waals surface area (Å²) in [5.74, 6) is 1.10. The summed E-state index contributed by atoms with van der Waals surface area (Å²) < 4.78 is 5.49. The molecule has 0 aromatic heterocycles. The standard InChI is InChI=1S/C15H20Cl2N2O2/c1-18-9-11-4-6-19(7-5-11)15(20)10-21-14-8-12(16)2-3-13(14)17/h2-3,8,11,18H,4-7,9-10H2,1H3.